The number of aryl methyl sites for hydroxylation is 1. The summed E-state index contributed by atoms with van der Waals surface area (Å²) in [5.74, 6) is 0.429. The van der Waals surface area contributed by atoms with Gasteiger partial charge in [0.05, 0.1) is 17.1 Å². The van der Waals surface area contributed by atoms with E-state index in [1.54, 1.807) is 6.20 Å². The van der Waals surface area contributed by atoms with Gasteiger partial charge in [-0.25, -0.2) is 4.98 Å². The average molecular weight is 271 g/mol. The number of rotatable bonds is 5. The number of fused-ring (bicyclic) bond motifs is 1. The largest absolute Gasteiger partial charge is 0.384 e. The molecule has 4 heteroatoms. The van der Waals surface area contributed by atoms with E-state index in [4.69, 9.17) is 0 Å². The minimum absolute atomic E-state index is 0.0997. The van der Waals surface area contributed by atoms with Gasteiger partial charge >= 0.3 is 0 Å². The number of nitrogens with one attached hydrogen (secondary N) is 2. The molecule has 106 valence electrons. The van der Waals surface area contributed by atoms with Crippen molar-refractivity contribution in [1.82, 2.24) is 15.3 Å². The number of H-pyrrole nitrogens is 1. The van der Waals surface area contributed by atoms with Gasteiger partial charge in [-0.2, -0.15) is 0 Å². The zero-order chi connectivity index (χ0) is 14.7. The average Bonchev–Trinajstić information content (AvgIpc) is 2.43. The SMILES string of the molecule is C=CNC(c1ccc2[nH]c(=O)c(CC)nc2c1)C(C)C. The van der Waals surface area contributed by atoms with Gasteiger partial charge in [-0.05, 0) is 36.2 Å². The molecule has 1 atom stereocenters. The highest BCUT2D eigenvalue weighted by atomic mass is 16.1. The molecule has 2 N–H and O–H groups in total. The Hall–Kier alpha value is -2.10. The van der Waals surface area contributed by atoms with Crippen molar-refractivity contribution < 1.29 is 0 Å². The Morgan fingerprint density at radius 1 is 1.45 bits per heavy atom. The van der Waals surface area contributed by atoms with Crippen LogP contribution in [0.25, 0.3) is 11.0 Å². The van der Waals surface area contributed by atoms with E-state index >= 15 is 0 Å². The standard InChI is InChI=1S/C16H21N3O/c1-5-12-16(20)19-13-8-7-11(9-14(13)18-12)15(10(3)4)17-6-2/h6-10,15,17H,2,5H2,1,3-4H3,(H,19,20). The van der Waals surface area contributed by atoms with Crippen LogP contribution in [0.3, 0.4) is 0 Å². The topological polar surface area (TPSA) is 57.8 Å². The van der Waals surface area contributed by atoms with Gasteiger partial charge in [0, 0.05) is 0 Å². The summed E-state index contributed by atoms with van der Waals surface area (Å²) in [6, 6.07) is 6.16. The molecule has 20 heavy (non-hydrogen) atoms. The number of hydrogen-bond acceptors (Lipinski definition) is 3. The van der Waals surface area contributed by atoms with E-state index in [0.29, 0.717) is 18.0 Å². The van der Waals surface area contributed by atoms with Crippen molar-refractivity contribution in [1.29, 1.82) is 0 Å². The summed E-state index contributed by atoms with van der Waals surface area (Å²) in [6.45, 7) is 9.98. The summed E-state index contributed by atoms with van der Waals surface area (Å²) in [6.07, 6.45) is 2.35. The van der Waals surface area contributed by atoms with E-state index in [9.17, 15) is 4.79 Å². The van der Waals surface area contributed by atoms with Crippen LogP contribution in [0.1, 0.15) is 38.1 Å². The van der Waals surface area contributed by atoms with E-state index in [0.717, 1.165) is 16.6 Å². The molecule has 0 saturated carbocycles. The molecule has 0 bridgehead atoms. The van der Waals surface area contributed by atoms with Crippen LogP contribution >= 0.6 is 0 Å². The highest BCUT2D eigenvalue weighted by Gasteiger charge is 2.15. The summed E-state index contributed by atoms with van der Waals surface area (Å²) in [5.41, 5.74) is 3.23. The fourth-order valence-electron chi connectivity index (χ4n) is 2.37. The van der Waals surface area contributed by atoms with Crippen LogP contribution in [0.2, 0.25) is 0 Å². The summed E-state index contributed by atoms with van der Waals surface area (Å²) >= 11 is 0. The second-order valence-electron chi connectivity index (χ2n) is 5.24. The molecule has 0 amide bonds. The summed E-state index contributed by atoms with van der Waals surface area (Å²) < 4.78 is 0. The van der Waals surface area contributed by atoms with Gasteiger partial charge in [-0.15, -0.1) is 0 Å². The number of hydrogen-bond donors (Lipinski definition) is 2. The van der Waals surface area contributed by atoms with Gasteiger partial charge in [0.15, 0.2) is 0 Å². The Balaban J connectivity index is 2.54. The van der Waals surface area contributed by atoms with Gasteiger partial charge in [0.25, 0.3) is 5.56 Å². The van der Waals surface area contributed by atoms with Crippen molar-refractivity contribution in [3.63, 3.8) is 0 Å². The molecule has 0 aliphatic heterocycles. The van der Waals surface area contributed by atoms with E-state index in [1.807, 2.05) is 25.1 Å². The van der Waals surface area contributed by atoms with Gasteiger partial charge in [-0.1, -0.05) is 33.4 Å². The number of aromatic nitrogens is 2. The molecule has 1 aromatic heterocycles. The molecule has 0 saturated heterocycles. The lowest BCUT2D eigenvalue weighted by Gasteiger charge is -2.22. The fourth-order valence-corrected chi connectivity index (χ4v) is 2.37. The Kier molecular flexibility index (Phi) is 4.23. The number of benzene rings is 1. The smallest absolute Gasteiger partial charge is 0.270 e. The summed E-state index contributed by atoms with van der Waals surface area (Å²) in [5, 5.41) is 3.27. The highest BCUT2D eigenvalue weighted by molar-refractivity contribution is 5.75. The lowest BCUT2D eigenvalue weighted by atomic mass is 9.96. The van der Waals surface area contributed by atoms with Crippen molar-refractivity contribution in [3.05, 3.63) is 52.6 Å². The van der Waals surface area contributed by atoms with Crippen LogP contribution in [-0.2, 0) is 6.42 Å². The number of nitrogens with zero attached hydrogens (tertiary/aromatic N) is 1. The molecule has 2 rings (SSSR count). The summed E-state index contributed by atoms with van der Waals surface area (Å²) in [4.78, 5) is 19.1. The van der Waals surface area contributed by atoms with Crippen LogP contribution < -0.4 is 10.9 Å². The van der Waals surface area contributed by atoms with Gasteiger partial charge < -0.3 is 10.3 Å². The first-order valence-electron chi connectivity index (χ1n) is 6.96. The van der Waals surface area contributed by atoms with Gasteiger partial charge in [-0.3, -0.25) is 4.79 Å². The predicted molar refractivity (Wildman–Crippen MR) is 82.7 cm³/mol. The normalized spacial score (nSPS) is 12.6. The van der Waals surface area contributed by atoms with Crippen molar-refractivity contribution in [2.75, 3.05) is 0 Å². The molecule has 0 radical (unpaired) electrons. The molecule has 1 unspecified atom stereocenters. The molecular formula is C16H21N3O. The Morgan fingerprint density at radius 2 is 2.20 bits per heavy atom. The molecule has 1 heterocycles. The first-order valence-corrected chi connectivity index (χ1v) is 6.96. The highest BCUT2D eigenvalue weighted by Crippen LogP contribution is 2.24. The lowest BCUT2D eigenvalue weighted by Crippen LogP contribution is -2.21. The molecule has 4 nitrogen and oxygen atoms in total. The van der Waals surface area contributed by atoms with Crippen LogP contribution in [0.4, 0.5) is 0 Å². The summed E-state index contributed by atoms with van der Waals surface area (Å²) in [7, 11) is 0. The van der Waals surface area contributed by atoms with E-state index in [2.05, 4.69) is 35.7 Å². The van der Waals surface area contributed by atoms with Crippen LogP contribution in [0.15, 0.2) is 35.8 Å². The minimum Gasteiger partial charge on any atom is -0.384 e. The third kappa shape index (κ3) is 2.74. The van der Waals surface area contributed by atoms with Crippen LogP contribution in [0.5, 0.6) is 0 Å². The second-order valence-corrected chi connectivity index (χ2v) is 5.24. The molecule has 0 spiro atoms. The minimum atomic E-state index is -0.0997. The van der Waals surface area contributed by atoms with Crippen LogP contribution in [-0.4, -0.2) is 9.97 Å². The Bertz CT molecular complexity index is 673. The maximum Gasteiger partial charge on any atom is 0.270 e. The first kappa shape index (κ1) is 14.3. The molecule has 0 aliphatic carbocycles. The maximum absolute atomic E-state index is 11.8. The third-order valence-corrected chi connectivity index (χ3v) is 3.45. The zero-order valence-electron chi connectivity index (χ0n) is 12.2. The first-order chi connectivity index (χ1) is 9.56. The molecule has 2 aromatic rings. The van der Waals surface area contributed by atoms with Crippen molar-refractivity contribution >= 4 is 11.0 Å². The third-order valence-electron chi connectivity index (χ3n) is 3.45. The monoisotopic (exact) mass is 271 g/mol. The van der Waals surface area contributed by atoms with Crippen molar-refractivity contribution in [2.45, 2.75) is 33.2 Å². The molecular weight excluding hydrogens is 250 g/mol. The van der Waals surface area contributed by atoms with Gasteiger partial charge in [0.2, 0.25) is 0 Å². The lowest BCUT2D eigenvalue weighted by molar-refractivity contribution is 0.459. The zero-order valence-corrected chi connectivity index (χ0v) is 12.2. The quantitative estimate of drug-likeness (QED) is 0.879. The van der Waals surface area contributed by atoms with E-state index in [1.165, 1.54) is 0 Å². The number of aromatic amines is 1. The van der Waals surface area contributed by atoms with Crippen molar-refractivity contribution in [3.8, 4) is 0 Å². The molecule has 0 aliphatic rings. The second kappa shape index (κ2) is 5.90. The molecule has 1 aromatic carbocycles. The molecule has 0 fully saturated rings. The van der Waals surface area contributed by atoms with E-state index in [-0.39, 0.29) is 11.6 Å². The van der Waals surface area contributed by atoms with Crippen LogP contribution in [0, 0.1) is 5.92 Å². The maximum atomic E-state index is 11.8. The predicted octanol–water partition coefficient (Wildman–Crippen LogP) is 2.92. The Labute approximate surface area is 118 Å². The van der Waals surface area contributed by atoms with Gasteiger partial charge in [0.1, 0.15) is 5.69 Å². The fraction of sp³-hybridized carbons (Fsp3) is 0.375. The van der Waals surface area contributed by atoms with Crippen molar-refractivity contribution in [2.24, 2.45) is 5.92 Å². The Morgan fingerprint density at radius 3 is 2.80 bits per heavy atom. The van der Waals surface area contributed by atoms with E-state index < -0.39 is 0 Å².